The standard InChI is InChI=1S/C15H15BrN4S/c1-2-17-15-19-13-6-4-3-5-12(13)14(20-15)18-8-11-7-10(16)9-21-11/h3-7,9H,2,8H2,1H3,(H2,17,18,19,20). The summed E-state index contributed by atoms with van der Waals surface area (Å²) in [6.45, 7) is 3.59. The number of para-hydroxylation sites is 1. The second kappa shape index (κ2) is 6.41. The van der Waals surface area contributed by atoms with Gasteiger partial charge in [-0.1, -0.05) is 12.1 Å². The fourth-order valence-corrected chi connectivity index (χ4v) is 3.46. The van der Waals surface area contributed by atoms with Crippen molar-refractivity contribution in [3.8, 4) is 0 Å². The van der Waals surface area contributed by atoms with Gasteiger partial charge in [-0.3, -0.25) is 0 Å². The molecular formula is C15H15BrN4S. The number of benzene rings is 1. The molecule has 0 fully saturated rings. The van der Waals surface area contributed by atoms with Gasteiger partial charge in [0.1, 0.15) is 5.82 Å². The third kappa shape index (κ3) is 3.33. The summed E-state index contributed by atoms with van der Waals surface area (Å²) in [6, 6.07) is 10.2. The third-order valence-electron chi connectivity index (χ3n) is 2.99. The van der Waals surface area contributed by atoms with Crippen molar-refractivity contribution in [1.82, 2.24) is 9.97 Å². The first-order chi connectivity index (χ1) is 10.3. The van der Waals surface area contributed by atoms with Crippen LogP contribution in [0.15, 0.2) is 40.2 Å². The first-order valence-corrected chi connectivity index (χ1v) is 8.41. The van der Waals surface area contributed by atoms with Gasteiger partial charge in [0.15, 0.2) is 0 Å². The van der Waals surface area contributed by atoms with E-state index in [1.807, 2.05) is 31.2 Å². The lowest BCUT2D eigenvalue weighted by Crippen LogP contribution is -2.07. The number of anilines is 2. The van der Waals surface area contributed by atoms with Crippen LogP contribution in [0.2, 0.25) is 0 Å². The maximum Gasteiger partial charge on any atom is 0.225 e. The van der Waals surface area contributed by atoms with E-state index in [-0.39, 0.29) is 0 Å². The van der Waals surface area contributed by atoms with E-state index in [9.17, 15) is 0 Å². The highest BCUT2D eigenvalue weighted by atomic mass is 79.9. The Morgan fingerprint density at radius 3 is 2.81 bits per heavy atom. The Bertz CT molecular complexity index is 756. The number of nitrogens with one attached hydrogen (secondary N) is 2. The minimum Gasteiger partial charge on any atom is -0.364 e. The van der Waals surface area contributed by atoms with Gasteiger partial charge in [-0.2, -0.15) is 4.98 Å². The molecule has 2 N–H and O–H groups in total. The molecule has 0 aliphatic heterocycles. The monoisotopic (exact) mass is 362 g/mol. The van der Waals surface area contributed by atoms with Crippen LogP contribution >= 0.6 is 27.3 Å². The maximum absolute atomic E-state index is 4.57. The second-order valence-corrected chi connectivity index (χ2v) is 6.44. The van der Waals surface area contributed by atoms with Crippen molar-refractivity contribution in [2.75, 3.05) is 17.2 Å². The molecule has 3 aromatic rings. The van der Waals surface area contributed by atoms with Crippen LogP contribution in [0.1, 0.15) is 11.8 Å². The Hall–Kier alpha value is -1.66. The van der Waals surface area contributed by atoms with Gasteiger partial charge in [0.25, 0.3) is 0 Å². The quantitative estimate of drug-likeness (QED) is 0.701. The van der Waals surface area contributed by atoms with Gasteiger partial charge in [-0.05, 0) is 41.1 Å². The van der Waals surface area contributed by atoms with Crippen LogP contribution in [-0.2, 0) is 6.54 Å². The van der Waals surface area contributed by atoms with Gasteiger partial charge in [-0.15, -0.1) is 11.3 Å². The van der Waals surface area contributed by atoms with Gasteiger partial charge in [0.05, 0.1) is 12.1 Å². The summed E-state index contributed by atoms with van der Waals surface area (Å²) in [5.74, 6) is 1.52. The Kier molecular flexibility index (Phi) is 4.36. The fourth-order valence-electron chi connectivity index (χ4n) is 2.07. The molecule has 0 saturated carbocycles. The number of halogens is 1. The highest BCUT2D eigenvalue weighted by molar-refractivity contribution is 9.10. The Balaban J connectivity index is 1.91. The van der Waals surface area contributed by atoms with E-state index >= 15 is 0 Å². The number of aromatic nitrogens is 2. The molecular weight excluding hydrogens is 348 g/mol. The van der Waals surface area contributed by atoms with Crippen molar-refractivity contribution < 1.29 is 0 Å². The van der Waals surface area contributed by atoms with E-state index in [2.05, 4.69) is 48.0 Å². The first-order valence-electron chi connectivity index (χ1n) is 6.73. The molecule has 0 aliphatic carbocycles. The summed E-state index contributed by atoms with van der Waals surface area (Å²) < 4.78 is 1.12. The number of fused-ring (bicyclic) bond motifs is 1. The lowest BCUT2D eigenvalue weighted by atomic mass is 10.2. The Labute approximate surface area is 135 Å². The average Bonchev–Trinajstić information content (AvgIpc) is 2.91. The van der Waals surface area contributed by atoms with Crippen molar-refractivity contribution in [1.29, 1.82) is 0 Å². The zero-order valence-electron chi connectivity index (χ0n) is 11.6. The molecule has 0 saturated heterocycles. The van der Waals surface area contributed by atoms with E-state index < -0.39 is 0 Å². The summed E-state index contributed by atoms with van der Waals surface area (Å²) in [7, 11) is 0. The molecule has 0 radical (unpaired) electrons. The van der Waals surface area contributed by atoms with E-state index in [1.54, 1.807) is 11.3 Å². The lowest BCUT2D eigenvalue weighted by Gasteiger charge is -2.10. The molecule has 2 aromatic heterocycles. The molecule has 108 valence electrons. The minimum atomic E-state index is 0.658. The predicted molar refractivity (Wildman–Crippen MR) is 93.0 cm³/mol. The summed E-state index contributed by atoms with van der Waals surface area (Å²) in [5.41, 5.74) is 0.943. The van der Waals surface area contributed by atoms with Gasteiger partial charge >= 0.3 is 0 Å². The zero-order chi connectivity index (χ0) is 14.7. The minimum absolute atomic E-state index is 0.658. The number of hydrogen-bond donors (Lipinski definition) is 2. The van der Waals surface area contributed by atoms with Crippen molar-refractivity contribution in [2.45, 2.75) is 13.5 Å². The molecule has 2 heterocycles. The van der Waals surface area contributed by atoms with Crippen molar-refractivity contribution >= 4 is 49.9 Å². The van der Waals surface area contributed by atoms with E-state index in [4.69, 9.17) is 0 Å². The van der Waals surface area contributed by atoms with Gasteiger partial charge in [-0.25, -0.2) is 4.98 Å². The van der Waals surface area contributed by atoms with Crippen molar-refractivity contribution in [3.63, 3.8) is 0 Å². The maximum atomic E-state index is 4.57. The number of nitrogens with zero attached hydrogens (tertiary/aromatic N) is 2. The first kappa shape index (κ1) is 14.3. The molecule has 21 heavy (non-hydrogen) atoms. The van der Waals surface area contributed by atoms with Crippen LogP contribution in [0.3, 0.4) is 0 Å². The number of rotatable bonds is 5. The molecule has 0 bridgehead atoms. The number of thiophene rings is 1. The predicted octanol–water partition coefficient (Wildman–Crippen LogP) is 4.50. The van der Waals surface area contributed by atoms with Crippen LogP contribution in [0, 0.1) is 0 Å². The van der Waals surface area contributed by atoms with E-state index in [1.165, 1.54) is 4.88 Å². The summed E-state index contributed by atoms with van der Waals surface area (Å²) >= 11 is 5.20. The van der Waals surface area contributed by atoms with Crippen LogP contribution in [0.5, 0.6) is 0 Å². The van der Waals surface area contributed by atoms with Crippen LogP contribution in [0.25, 0.3) is 10.9 Å². The average molecular weight is 363 g/mol. The molecule has 4 nitrogen and oxygen atoms in total. The Morgan fingerprint density at radius 1 is 1.19 bits per heavy atom. The zero-order valence-corrected chi connectivity index (χ0v) is 14.0. The van der Waals surface area contributed by atoms with Gasteiger partial charge in [0, 0.05) is 26.7 Å². The van der Waals surface area contributed by atoms with Gasteiger partial charge < -0.3 is 10.6 Å². The largest absolute Gasteiger partial charge is 0.364 e. The van der Waals surface area contributed by atoms with Gasteiger partial charge in [0.2, 0.25) is 5.95 Å². The summed E-state index contributed by atoms with van der Waals surface area (Å²) in [4.78, 5) is 10.3. The smallest absolute Gasteiger partial charge is 0.225 e. The summed E-state index contributed by atoms with van der Waals surface area (Å²) in [5, 5.41) is 9.71. The molecule has 0 amide bonds. The van der Waals surface area contributed by atoms with Crippen LogP contribution in [0.4, 0.5) is 11.8 Å². The Morgan fingerprint density at radius 2 is 2.05 bits per heavy atom. The van der Waals surface area contributed by atoms with Crippen molar-refractivity contribution in [2.24, 2.45) is 0 Å². The third-order valence-corrected chi connectivity index (χ3v) is 4.69. The molecule has 0 aliphatic rings. The molecule has 1 aromatic carbocycles. The molecule has 3 rings (SSSR count). The molecule has 0 unspecified atom stereocenters. The van der Waals surface area contributed by atoms with E-state index in [0.717, 1.165) is 34.3 Å². The highest BCUT2D eigenvalue weighted by Crippen LogP contribution is 2.24. The molecule has 6 heteroatoms. The second-order valence-electron chi connectivity index (χ2n) is 4.53. The SMILES string of the molecule is CCNc1nc(NCc2cc(Br)cs2)c2ccccc2n1. The topological polar surface area (TPSA) is 49.8 Å². The van der Waals surface area contributed by atoms with E-state index in [0.29, 0.717) is 5.95 Å². The normalized spacial score (nSPS) is 10.8. The molecule has 0 spiro atoms. The van der Waals surface area contributed by atoms with Crippen molar-refractivity contribution in [3.05, 3.63) is 45.1 Å². The lowest BCUT2D eigenvalue weighted by molar-refractivity contribution is 1.08. The van der Waals surface area contributed by atoms with Crippen LogP contribution in [-0.4, -0.2) is 16.5 Å². The number of hydrogen-bond acceptors (Lipinski definition) is 5. The fraction of sp³-hybridized carbons (Fsp3) is 0.200. The van der Waals surface area contributed by atoms with Crippen LogP contribution < -0.4 is 10.6 Å². The molecule has 0 atom stereocenters. The summed E-state index contributed by atoms with van der Waals surface area (Å²) in [6.07, 6.45) is 0. The highest BCUT2D eigenvalue weighted by Gasteiger charge is 2.07.